The molecule has 0 unspecified atom stereocenters. The van der Waals surface area contributed by atoms with Gasteiger partial charge in [-0.2, -0.15) is 0 Å². The highest BCUT2D eigenvalue weighted by atomic mass is 35.5. The van der Waals surface area contributed by atoms with Gasteiger partial charge in [0.1, 0.15) is 0 Å². The summed E-state index contributed by atoms with van der Waals surface area (Å²) in [6.45, 7) is 1.70. The molecule has 0 radical (unpaired) electrons. The molecule has 2 rings (SSSR count). The smallest absolute Gasteiger partial charge is 0.179 e. The Morgan fingerprint density at radius 2 is 1.76 bits per heavy atom. The predicted molar refractivity (Wildman–Crippen MR) is 86.4 cm³/mol. The first-order valence-corrected chi connectivity index (χ1v) is 7.28. The lowest BCUT2D eigenvalue weighted by Gasteiger charge is -2.13. The molecule has 0 aliphatic heterocycles. The molecule has 0 aliphatic rings. The maximum Gasteiger partial charge on any atom is 0.179 e. The third-order valence-corrected chi connectivity index (χ3v) is 3.72. The molecule has 112 valence electrons. The van der Waals surface area contributed by atoms with E-state index in [1.165, 1.54) is 5.56 Å². The summed E-state index contributed by atoms with van der Waals surface area (Å²) in [5.74, 6) is 1.25. The maximum absolute atomic E-state index is 6.36. The molecular weight excluding hydrogens is 286 g/mol. The van der Waals surface area contributed by atoms with E-state index in [4.69, 9.17) is 21.1 Å². The second-order valence-electron chi connectivity index (χ2n) is 4.69. The molecule has 0 atom stereocenters. The second-order valence-corrected chi connectivity index (χ2v) is 5.06. The molecule has 3 nitrogen and oxygen atoms in total. The largest absolute Gasteiger partial charge is 0.493 e. The van der Waals surface area contributed by atoms with Crippen molar-refractivity contribution >= 4 is 11.6 Å². The van der Waals surface area contributed by atoms with Crippen LogP contribution in [0.15, 0.2) is 42.5 Å². The fourth-order valence-corrected chi connectivity index (χ4v) is 2.50. The van der Waals surface area contributed by atoms with Crippen molar-refractivity contribution < 1.29 is 9.47 Å². The molecule has 0 spiro atoms. The Morgan fingerprint density at radius 1 is 1.00 bits per heavy atom. The van der Waals surface area contributed by atoms with Gasteiger partial charge in [0.15, 0.2) is 11.5 Å². The molecule has 1 N–H and O–H groups in total. The fourth-order valence-electron chi connectivity index (χ4n) is 2.17. The van der Waals surface area contributed by atoms with Gasteiger partial charge >= 0.3 is 0 Å². The van der Waals surface area contributed by atoms with Crippen LogP contribution in [0, 0.1) is 0 Å². The highest BCUT2D eigenvalue weighted by Gasteiger charge is 2.12. The summed E-state index contributed by atoms with van der Waals surface area (Å²) in [6, 6.07) is 14.2. The van der Waals surface area contributed by atoms with Gasteiger partial charge in [-0.25, -0.2) is 0 Å². The monoisotopic (exact) mass is 305 g/mol. The minimum absolute atomic E-state index is 0.597. The summed E-state index contributed by atoms with van der Waals surface area (Å²) >= 11 is 6.36. The van der Waals surface area contributed by atoms with Gasteiger partial charge in [0.25, 0.3) is 0 Å². The summed E-state index contributed by atoms with van der Waals surface area (Å²) in [6.07, 6.45) is 0.839. The number of halogens is 1. The van der Waals surface area contributed by atoms with E-state index in [2.05, 4.69) is 17.4 Å². The molecule has 21 heavy (non-hydrogen) atoms. The lowest BCUT2D eigenvalue weighted by molar-refractivity contribution is 0.354. The number of hydrogen-bond acceptors (Lipinski definition) is 3. The highest BCUT2D eigenvalue weighted by Crippen LogP contribution is 2.37. The Hall–Kier alpha value is -1.71. The maximum atomic E-state index is 6.36. The van der Waals surface area contributed by atoms with Crippen LogP contribution in [-0.2, 0) is 13.0 Å². The fraction of sp³-hybridized carbons (Fsp3) is 0.294. The summed E-state index contributed by atoms with van der Waals surface area (Å²) in [5.41, 5.74) is 2.32. The van der Waals surface area contributed by atoms with Gasteiger partial charge < -0.3 is 14.8 Å². The van der Waals surface area contributed by atoms with Crippen molar-refractivity contribution in [2.75, 3.05) is 20.8 Å². The third kappa shape index (κ3) is 4.13. The highest BCUT2D eigenvalue weighted by molar-refractivity contribution is 6.33. The van der Waals surface area contributed by atoms with Crippen molar-refractivity contribution in [1.82, 2.24) is 5.32 Å². The molecule has 0 bridgehead atoms. The van der Waals surface area contributed by atoms with Crippen LogP contribution in [0.2, 0.25) is 5.02 Å². The molecule has 0 aliphatic carbocycles. The standard InChI is InChI=1S/C17H20ClNO2/c1-20-15-9-8-14(16(18)17(15)21-2)10-11-19-12-13-6-4-3-5-7-13/h3-9,19H,10-12H2,1-2H3. The van der Waals surface area contributed by atoms with Gasteiger partial charge in [-0.05, 0) is 30.2 Å². The predicted octanol–water partition coefficient (Wildman–Crippen LogP) is 3.69. The van der Waals surface area contributed by atoms with Crippen molar-refractivity contribution in [3.05, 3.63) is 58.6 Å². The minimum atomic E-state index is 0.597. The Labute approximate surface area is 130 Å². The normalized spacial score (nSPS) is 10.4. The Kier molecular flexibility index (Phi) is 5.90. The zero-order valence-electron chi connectivity index (χ0n) is 12.4. The summed E-state index contributed by atoms with van der Waals surface area (Å²) in [4.78, 5) is 0. The number of benzene rings is 2. The molecule has 0 fully saturated rings. The lowest BCUT2D eigenvalue weighted by atomic mass is 10.1. The summed E-state index contributed by atoms with van der Waals surface area (Å²) in [7, 11) is 3.20. The summed E-state index contributed by atoms with van der Waals surface area (Å²) < 4.78 is 10.5. The van der Waals surface area contributed by atoms with Crippen LogP contribution >= 0.6 is 11.6 Å². The lowest BCUT2D eigenvalue weighted by Crippen LogP contribution is -2.16. The molecule has 0 aromatic heterocycles. The molecule has 2 aromatic rings. The van der Waals surface area contributed by atoms with Crippen LogP contribution < -0.4 is 14.8 Å². The minimum Gasteiger partial charge on any atom is -0.493 e. The van der Waals surface area contributed by atoms with Crippen LogP contribution in [0.4, 0.5) is 0 Å². The number of methoxy groups -OCH3 is 2. The van der Waals surface area contributed by atoms with E-state index in [-0.39, 0.29) is 0 Å². The zero-order valence-corrected chi connectivity index (χ0v) is 13.1. The number of nitrogens with one attached hydrogen (secondary N) is 1. The summed E-state index contributed by atoms with van der Waals surface area (Å²) in [5, 5.41) is 4.04. The topological polar surface area (TPSA) is 30.5 Å². The molecule has 0 saturated heterocycles. The van der Waals surface area contributed by atoms with Gasteiger partial charge in [-0.1, -0.05) is 48.0 Å². The van der Waals surface area contributed by atoms with Gasteiger partial charge in [0.2, 0.25) is 0 Å². The zero-order chi connectivity index (χ0) is 15.1. The first kappa shape index (κ1) is 15.7. The van der Waals surface area contributed by atoms with Crippen LogP contribution in [0.5, 0.6) is 11.5 Å². The first-order valence-electron chi connectivity index (χ1n) is 6.90. The molecular formula is C17H20ClNO2. The average molecular weight is 306 g/mol. The van der Waals surface area contributed by atoms with Crippen LogP contribution in [0.3, 0.4) is 0 Å². The molecule has 0 amide bonds. The van der Waals surface area contributed by atoms with E-state index in [1.54, 1.807) is 14.2 Å². The van der Waals surface area contributed by atoms with E-state index in [0.29, 0.717) is 16.5 Å². The van der Waals surface area contributed by atoms with E-state index >= 15 is 0 Å². The first-order chi connectivity index (χ1) is 10.3. The molecule has 0 saturated carbocycles. The van der Waals surface area contributed by atoms with E-state index in [9.17, 15) is 0 Å². The van der Waals surface area contributed by atoms with Crippen molar-refractivity contribution in [3.8, 4) is 11.5 Å². The van der Waals surface area contributed by atoms with Crippen molar-refractivity contribution in [2.45, 2.75) is 13.0 Å². The Bertz CT molecular complexity index is 573. The number of ether oxygens (including phenoxy) is 2. The Balaban J connectivity index is 1.91. The quantitative estimate of drug-likeness (QED) is 0.791. The van der Waals surface area contributed by atoms with Crippen molar-refractivity contribution in [1.29, 1.82) is 0 Å². The van der Waals surface area contributed by atoms with E-state index in [0.717, 1.165) is 25.1 Å². The number of hydrogen-bond donors (Lipinski definition) is 1. The van der Waals surface area contributed by atoms with Crippen LogP contribution in [0.25, 0.3) is 0 Å². The van der Waals surface area contributed by atoms with E-state index in [1.807, 2.05) is 30.3 Å². The Morgan fingerprint density at radius 3 is 2.43 bits per heavy atom. The van der Waals surface area contributed by atoms with Gasteiger partial charge in [-0.3, -0.25) is 0 Å². The molecule has 0 heterocycles. The third-order valence-electron chi connectivity index (χ3n) is 3.31. The van der Waals surface area contributed by atoms with Crippen molar-refractivity contribution in [2.24, 2.45) is 0 Å². The SMILES string of the molecule is COc1ccc(CCNCc2ccccc2)c(Cl)c1OC. The van der Waals surface area contributed by atoms with Crippen LogP contribution in [0.1, 0.15) is 11.1 Å². The molecule has 4 heteroatoms. The number of rotatable bonds is 7. The average Bonchev–Trinajstić information content (AvgIpc) is 2.53. The van der Waals surface area contributed by atoms with Gasteiger partial charge in [-0.15, -0.1) is 0 Å². The van der Waals surface area contributed by atoms with Crippen molar-refractivity contribution in [3.63, 3.8) is 0 Å². The molecule has 2 aromatic carbocycles. The van der Waals surface area contributed by atoms with E-state index < -0.39 is 0 Å². The van der Waals surface area contributed by atoms with Gasteiger partial charge in [0, 0.05) is 6.54 Å². The van der Waals surface area contributed by atoms with Gasteiger partial charge in [0.05, 0.1) is 19.2 Å². The van der Waals surface area contributed by atoms with Crippen LogP contribution in [-0.4, -0.2) is 20.8 Å². The second kappa shape index (κ2) is 7.91.